The summed E-state index contributed by atoms with van der Waals surface area (Å²) in [6.45, 7) is 0. The van der Waals surface area contributed by atoms with Gasteiger partial charge in [0.2, 0.25) is 0 Å². The standard InChI is InChI=1S/C43H28O/c44-42-22-21-40(37-11-5-6-12-39(37)42)43-36(33-16-14-28-8-2-4-10-30(28)24-33)19-20-38-35-18-17-32(25-34(35)26-41(38)43)31-15-13-27-7-1-3-9-29(27)23-31/h1-25,44H,26H2. The van der Waals surface area contributed by atoms with Crippen LogP contribution in [0.2, 0.25) is 0 Å². The molecule has 8 aromatic carbocycles. The molecule has 1 nitrogen and oxygen atoms in total. The van der Waals surface area contributed by atoms with Gasteiger partial charge in [0.05, 0.1) is 0 Å². The maximum absolute atomic E-state index is 10.8. The first-order chi connectivity index (χ1) is 21.7. The van der Waals surface area contributed by atoms with Gasteiger partial charge in [0, 0.05) is 5.39 Å². The van der Waals surface area contributed by atoms with Gasteiger partial charge in [-0.1, -0.05) is 133 Å². The molecule has 9 rings (SSSR count). The molecule has 44 heavy (non-hydrogen) atoms. The van der Waals surface area contributed by atoms with Crippen LogP contribution in [0.15, 0.2) is 152 Å². The summed E-state index contributed by atoms with van der Waals surface area (Å²) in [6.07, 6.45) is 0.859. The molecule has 0 fully saturated rings. The second kappa shape index (κ2) is 9.69. The Bertz CT molecular complexity index is 2430. The van der Waals surface area contributed by atoms with E-state index in [1.165, 1.54) is 71.6 Å². The number of aromatic hydroxyl groups is 1. The molecule has 0 radical (unpaired) electrons. The quantitative estimate of drug-likeness (QED) is 0.228. The molecule has 1 aliphatic carbocycles. The van der Waals surface area contributed by atoms with Crippen LogP contribution >= 0.6 is 0 Å². The molecule has 8 aromatic rings. The van der Waals surface area contributed by atoms with E-state index in [9.17, 15) is 5.11 Å². The topological polar surface area (TPSA) is 20.2 Å². The fraction of sp³-hybridized carbons (Fsp3) is 0.0233. The van der Waals surface area contributed by atoms with E-state index >= 15 is 0 Å². The Morgan fingerprint density at radius 2 is 0.932 bits per heavy atom. The van der Waals surface area contributed by atoms with E-state index < -0.39 is 0 Å². The van der Waals surface area contributed by atoms with E-state index in [2.05, 4.69) is 133 Å². The SMILES string of the molecule is Oc1ccc(-c2c(-c3ccc4ccccc4c3)ccc3c2Cc2cc(-c4ccc5ccccc5c4)ccc2-3)c2ccccc12. The molecule has 0 aliphatic heterocycles. The van der Waals surface area contributed by atoms with Crippen molar-refractivity contribution in [1.82, 2.24) is 0 Å². The zero-order chi connectivity index (χ0) is 29.2. The summed E-state index contributed by atoms with van der Waals surface area (Å²) < 4.78 is 0. The average Bonchev–Trinajstić information content (AvgIpc) is 3.46. The second-order valence-electron chi connectivity index (χ2n) is 11.9. The largest absolute Gasteiger partial charge is 0.507 e. The molecule has 0 saturated carbocycles. The molecule has 0 spiro atoms. The number of fused-ring (bicyclic) bond motifs is 6. The van der Waals surface area contributed by atoms with Gasteiger partial charge in [-0.05, 0) is 107 Å². The minimum Gasteiger partial charge on any atom is -0.507 e. The predicted octanol–water partition coefficient (Wildman–Crippen LogP) is 11.4. The lowest BCUT2D eigenvalue weighted by Crippen LogP contribution is -1.94. The van der Waals surface area contributed by atoms with E-state index in [4.69, 9.17) is 0 Å². The third-order valence-electron chi connectivity index (χ3n) is 9.39. The molecule has 1 heteroatoms. The Labute approximate surface area is 256 Å². The minimum absolute atomic E-state index is 0.312. The van der Waals surface area contributed by atoms with Crippen molar-refractivity contribution in [2.75, 3.05) is 0 Å². The van der Waals surface area contributed by atoms with Gasteiger partial charge in [-0.25, -0.2) is 0 Å². The van der Waals surface area contributed by atoms with Gasteiger partial charge >= 0.3 is 0 Å². The molecule has 0 unspecified atom stereocenters. The summed E-state index contributed by atoms with van der Waals surface area (Å²) in [7, 11) is 0. The number of hydrogen-bond donors (Lipinski definition) is 1. The number of hydrogen-bond acceptors (Lipinski definition) is 1. The first-order valence-electron chi connectivity index (χ1n) is 15.2. The Morgan fingerprint density at radius 3 is 1.70 bits per heavy atom. The van der Waals surface area contributed by atoms with Gasteiger partial charge < -0.3 is 5.11 Å². The smallest absolute Gasteiger partial charge is 0.123 e. The molecule has 1 aliphatic rings. The molecule has 0 atom stereocenters. The van der Waals surface area contributed by atoms with E-state index in [0.29, 0.717) is 5.75 Å². The lowest BCUT2D eigenvalue weighted by Gasteiger charge is -2.18. The van der Waals surface area contributed by atoms with Crippen molar-refractivity contribution in [2.45, 2.75) is 6.42 Å². The molecule has 1 N–H and O–H groups in total. The van der Waals surface area contributed by atoms with Gasteiger partial charge in [-0.2, -0.15) is 0 Å². The molecular weight excluding hydrogens is 532 g/mol. The lowest BCUT2D eigenvalue weighted by atomic mass is 9.85. The summed E-state index contributed by atoms with van der Waals surface area (Å²) in [4.78, 5) is 0. The zero-order valence-electron chi connectivity index (χ0n) is 24.1. The van der Waals surface area contributed by atoms with Crippen LogP contribution in [0, 0.1) is 0 Å². The summed E-state index contributed by atoms with van der Waals surface area (Å²) >= 11 is 0. The highest BCUT2D eigenvalue weighted by molar-refractivity contribution is 6.06. The number of phenolic OH excluding ortho intramolecular Hbond substituents is 1. The Kier molecular flexibility index (Phi) is 5.48. The van der Waals surface area contributed by atoms with Gasteiger partial charge in [-0.3, -0.25) is 0 Å². The van der Waals surface area contributed by atoms with Crippen LogP contribution in [-0.2, 0) is 6.42 Å². The second-order valence-corrected chi connectivity index (χ2v) is 11.9. The van der Waals surface area contributed by atoms with Gasteiger partial charge in [0.25, 0.3) is 0 Å². The Hall–Kier alpha value is -5.66. The molecule has 0 aromatic heterocycles. The first kappa shape index (κ1) is 24.9. The van der Waals surface area contributed by atoms with Crippen molar-refractivity contribution < 1.29 is 5.11 Å². The van der Waals surface area contributed by atoms with Gasteiger partial charge in [0.15, 0.2) is 0 Å². The average molecular weight is 561 g/mol. The van der Waals surface area contributed by atoms with Crippen molar-refractivity contribution in [3.05, 3.63) is 163 Å². The van der Waals surface area contributed by atoms with Crippen LogP contribution in [0.3, 0.4) is 0 Å². The highest BCUT2D eigenvalue weighted by Crippen LogP contribution is 2.49. The summed E-state index contributed by atoms with van der Waals surface area (Å²) in [5.41, 5.74) is 12.6. The monoisotopic (exact) mass is 560 g/mol. The lowest BCUT2D eigenvalue weighted by molar-refractivity contribution is 0.481. The zero-order valence-corrected chi connectivity index (χ0v) is 24.1. The van der Waals surface area contributed by atoms with Crippen molar-refractivity contribution in [3.8, 4) is 50.3 Å². The number of rotatable bonds is 3. The van der Waals surface area contributed by atoms with E-state index in [0.717, 1.165) is 22.8 Å². The molecule has 0 amide bonds. The van der Waals surface area contributed by atoms with Crippen LogP contribution in [0.1, 0.15) is 11.1 Å². The van der Waals surface area contributed by atoms with Crippen LogP contribution in [0.4, 0.5) is 0 Å². The van der Waals surface area contributed by atoms with Crippen molar-refractivity contribution in [2.24, 2.45) is 0 Å². The van der Waals surface area contributed by atoms with E-state index in [-0.39, 0.29) is 0 Å². The van der Waals surface area contributed by atoms with Gasteiger partial charge in [0.1, 0.15) is 5.75 Å². The molecule has 0 heterocycles. The Morgan fingerprint density at radius 1 is 0.386 bits per heavy atom. The van der Waals surface area contributed by atoms with Crippen molar-refractivity contribution >= 4 is 32.3 Å². The highest BCUT2D eigenvalue weighted by atomic mass is 16.3. The third kappa shape index (κ3) is 3.87. The maximum atomic E-state index is 10.8. The normalized spacial score (nSPS) is 12.1. The summed E-state index contributed by atoms with van der Waals surface area (Å²) in [5.74, 6) is 0.312. The molecule has 0 saturated heterocycles. The highest BCUT2D eigenvalue weighted by Gasteiger charge is 2.26. The number of phenols is 1. The van der Waals surface area contributed by atoms with E-state index in [1.807, 2.05) is 18.2 Å². The van der Waals surface area contributed by atoms with Crippen molar-refractivity contribution in [3.63, 3.8) is 0 Å². The fourth-order valence-electron chi connectivity index (χ4n) is 7.23. The maximum Gasteiger partial charge on any atom is 0.123 e. The summed E-state index contributed by atoms with van der Waals surface area (Å²) in [6, 6.07) is 54.3. The molecular formula is C43H28O. The summed E-state index contributed by atoms with van der Waals surface area (Å²) in [5, 5.41) is 17.7. The minimum atomic E-state index is 0.312. The Balaban J connectivity index is 1.25. The van der Waals surface area contributed by atoms with E-state index in [1.54, 1.807) is 0 Å². The number of benzene rings is 8. The van der Waals surface area contributed by atoms with Crippen LogP contribution in [-0.4, -0.2) is 5.11 Å². The molecule has 206 valence electrons. The van der Waals surface area contributed by atoms with Crippen LogP contribution < -0.4 is 0 Å². The van der Waals surface area contributed by atoms with Gasteiger partial charge in [-0.15, -0.1) is 0 Å². The fourth-order valence-corrected chi connectivity index (χ4v) is 7.23. The molecule has 0 bridgehead atoms. The first-order valence-corrected chi connectivity index (χ1v) is 15.2. The van der Waals surface area contributed by atoms with Crippen molar-refractivity contribution in [1.29, 1.82) is 0 Å². The predicted molar refractivity (Wildman–Crippen MR) is 185 cm³/mol. The van der Waals surface area contributed by atoms with Crippen LogP contribution in [0.5, 0.6) is 5.75 Å². The third-order valence-corrected chi connectivity index (χ3v) is 9.39. The van der Waals surface area contributed by atoms with Crippen LogP contribution in [0.25, 0.3) is 76.8 Å².